The summed E-state index contributed by atoms with van der Waals surface area (Å²) in [6.07, 6.45) is 35.1. The predicted octanol–water partition coefficient (Wildman–Crippen LogP) is 10.2. The second-order valence-corrected chi connectivity index (χ2v) is 16.4. The van der Waals surface area contributed by atoms with Crippen LogP contribution in [-0.4, -0.2) is 58.7 Å². The second kappa shape index (κ2) is 44.6. The molecule has 0 bridgehead atoms. The molecule has 0 aliphatic carbocycles. The SMILES string of the molecule is CCCCCCCCCCCCOS(=O)(=O)[O-].CCCCCCCCCCCCOS(=O)(=O)[O-].CCCCCCCCCCCCOS(=O)(=O)[O-].[Lu+3]. The third-order valence-electron chi connectivity index (χ3n) is 8.18. The first-order chi connectivity index (χ1) is 24.2. The van der Waals surface area contributed by atoms with Crippen molar-refractivity contribution in [2.24, 2.45) is 0 Å². The largest absolute Gasteiger partial charge is 3.00 e. The third kappa shape index (κ3) is 68.8. The van der Waals surface area contributed by atoms with Crippen LogP contribution in [-0.2, 0) is 43.7 Å². The Hall–Kier alpha value is 0.844. The zero-order chi connectivity index (χ0) is 39.0. The van der Waals surface area contributed by atoms with Crippen LogP contribution in [0, 0.1) is 36.9 Å². The molecule has 0 aromatic carbocycles. The van der Waals surface area contributed by atoms with Crippen molar-refractivity contribution in [1.29, 1.82) is 0 Å². The van der Waals surface area contributed by atoms with Crippen LogP contribution in [0.4, 0.5) is 0 Å². The summed E-state index contributed by atoms with van der Waals surface area (Å²) in [5.41, 5.74) is 0. The minimum Gasteiger partial charge on any atom is -0.726 e. The van der Waals surface area contributed by atoms with E-state index < -0.39 is 31.2 Å². The van der Waals surface area contributed by atoms with Crippen LogP contribution < -0.4 is 0 Å². The molecule has 0 amide bonds. The molecule has 324 valence electrons. The van der Waals surface area contributed by atoms with Crippen molar-refractivity contribution in [3.05, 3.63) is 0 Å². The molecule has 0 fully saturated rings. The summed E-state index contributed by atoms with van der Waals surface area (Å²) in [5, 5.41) is 0. The van der Waals surface area contributed by atoms with Crippen molar-refractivity contribution in [3.8, 4) is 0 Å². The zero-order valence-electron chi connectivity index (χ0n) is 32.7. The molecule has 0 radical (unpaired) electrons. The smallest absolute Gasteiger partial charge is 0.726 e. The summed E-state index contributed by atoms with van der Waals surface area (Å²) < 4.78 is 103. The van der Waals surface area contributed by atoms with Crippen LogP contribution in [0.15, 0.2) is 0 Å². The average Bonchev–Trinajstić information content (AvgIpc) is 3.04. The molecule has 0 rings (SSSR count). The van der Waals surface area contributed by atoms with Crippen LogP contribution in [0.3, 0.4) is 0 Å². The maximum absolute atomic E-state index is 10.1. The van der Waals surface area contributed by atoms with Crippen LogP contribution >= 0.6 is 0 Å². The molecule has 0 aliphatic heterocycles. The van der Waals surface area contributed by atoms with E-state index in [1.165, 1.54) is 135 Å². The summed E-state index contributed by atoms with van der Waals surface area (Å²) in [4.78, 5) is 0. The molecule has 16 heteroatoms. The number of unbranched alkanes of at least 4 members (excludes halogenated alkanes) is 27. The molecule has 0 atom stereocenters. The minimum atomic E-state index is -4.48. The van der Waals surface area contributed by atoms with Crippen LogP contribution in [0.2, 0.25) is 0 Å². The number of rotatable bonds is 36. The van der Waals surface area contributed by atoms with Gasteiger partial charge in [-0.05, 0) is 19.3 Å². The van der Waals surface area contributed by atoms with Crippen LogP contribution in [0.1, 0.15) is 213 Å². The van der Waals surface area contributed by atoms with Gasteiger partial charge in [0.2, 0.25) is 31.2 Å². The Kier molecular flexibility index (Phi) is 51.0. The molecule has 0 N–H and O–H groups in total. The Morgan fingerprint density at radius 1 is 0.288 bits per heavy atom. The quantitative estimate of drug-likeness (QED) is 0.0327. The molecule has 0 aromatic rings. The van der Waals surface area contributed by atoms with E-state index in [-0.39, 0.29) is 56.7 Å². The molecule has 52 heavy (non-hydrogen) atoms. The molecule has 0 spiro atoms. The van der Waals surface area contributed by atoms with Crippen molar-refractivity contribution in [2.75, 3.05) is 19.8 Å². The van der Waals surface area contributed by atoms with Gasteiger partial charge in [0.25, 0.3) is 0 Å². The van der Waals surface area contributed by atoms with Gasteiger partial charge >= 0.3 is 36.9 Å². The van der Waals surface area contributed by atoms with Gasteiger partial charge in [-0.25, -0.2) is 25.3 Å². The monoisotopic (exact) mass is 970 g/mol. The molecule has 0 unspecified atom stereocenters. The minimum absolute atomic E-state index is 0. The van der Waals surface area contributed by atoms with Crippen molar-refractivity contribution in [1.82, 2.24) is 0 Å². The molecular formula is C36H75LuO12S3. The standard InChI is InChI=1S/3C12H26O4S.Lu/c3*1-2-3-4-5-6-7-8-9-10-11-12-16-17(13,14)15;/h3*2-12H2,1H3,(H,13,14,15);/q;;;+3/p-3. The normalized spacial score (nSPS) is 11.7. The van der Waals surface area contributed by atoms with Crippen molar-refractivity contribution < 1.29 is 88.3 Å². The van der Waals surface area contributed by atoms with Crippen LogP contribution in [0.5, 0.6) is 0 Å². The third-order valence-corrected chi connectivity index (χ3v) is 9.54. The summed E-state index contributed by atoms with van der Waals surface area (Å²) in [5.74, 6) is 0. The van der Waals surface area contributed by atoms with E-state index >= 15 is 0 Å². The van der Waals surface area contributed by atoms with Gasteiger partial charge < -0.3 is 13.7 Å². The van der Waals surface area contributed by atoms with Crippen molar-refractivity contribution >= 4 is 31.2 Å². The molecule has 12 nitrogen and oxygen atoms in total. The van der Waals surface area contributed by atoms with E-state index in [9.17, 15) is 38.9 Å². The fourth-order valence-electron chi connectivity index (χ4n) is 5.25. The molecule has 0 aromatic heterocycles. The van der Waals surface area contributed by atoms with Gasteiger partial charge in [-0.1, -0.05) is 194 Å². The Morgan fingerprint density at radius 3 is 0.558 bits per heavy atom. The van der Waals surface area contributed by atoms with E-state index in [2.05, 4.69) is 33.3 Å². The maximum atomic E-state index is 10.1. The molecule has 0 heterocycles. The maximum Gasteiger partial charge on any atom is 3.00 e. The fraction of sp³-hybridized carbons (Fsp3) is 1.00. The van der Waals surface area contributed by atoms with E-state index in [0.717, 1.165) is 38.5 Å². The van der Waals surface area contributed by atoms with Gasteiger partial charge in [-0.3, -0.25) is 12.5 Å². The topological polar surface area (TPSA) is 199 Å². The van der Waals surface area contributed by atoms with E-state index in [0.29, 0.717) is 19.3 Å². The van der Waals surface area contributed by atoms with Crippen molar-refractivity contribution in [2.45, 2.75) is 213 Å². The molecule has 0 aliphatic rings. The predicted molar refractivity (Wildman–Crippen MR) is 202 cm³/mol. The van der Waals surface area contributed by atoms with E-state index in [4.69, 9.17) is 0 Å². The first-order valence-corrected chi connectivity index (χ1v) is 24.0. The first kappa shape index (κ1) is 59.5. The summed E-state index contributed by atoms with van der Waals surface area (Å²) >= 11 is 0. The first-order valence-electron chi connectivity index (χ1n) is 20.0. The van der Waals surface area contributed by atoms with Gasteiger partial charge in [0.05, 0.1) is 19.8 Å². The number of hydrogen-bond donors (Lipinski definition) is 0. The Bertz CT molecular complexity index is 883. The van der Waals surface area contributed by atoms with E-state index in [1.54, 1.807) is 0 Å². The molecular weight excluding hydrogens is 896 g/mol. The van der Waals surface area contributed by atoms with Crippen molar-refractivity contribution in [3.63, 3.8) is 0 Å². The Labute approximate surface area is 350 Å². The molecule has 0 saturated heterocycles. The van der Waals surface area contributed by atoms with Gasteiger partial charge in [-0.2, -0.15) is 0 Å². The second-order valence-electron chi connectivity index (χ2n) is 13.2. The van der Waals surface area contributed by atoms with Gasteiger partial charge in [0.15, 0.2) is 0 Å². The fourth-order valence-corrected chi connectivity index (χ4v) is 6.22. The summed E-state index contributed by atoms with van der Waals surface area (Å²) in [6.45, 7) is 6.73. The molecule has 0 saturated carbocycles. The summed E-state index contributed by atoms with van der Waals surface area (Å²) in [7, 11) is -13.5. The Morgan fingerprint density at radius 2 is 0.423 bits per heavy atom. The van der Waals surface area contributed by atoms with E-state index in [1.807, 2.05) is 0 Å². The van der Waals surface area contributed by atoms with Gasteiger partial charge in [-0.15, -0.1) is 0 Å². The Balaban J connectivity index is -0.000000329. The summed E-state index contributed by atoms with van der Waals surface area (Å²) in [6, 6.07) is 0. The van der Waals surface area contributed by atoms with Crippen LogP contribution in [0.25, 0.3) is 0 Å². The number of hydrogen-bond acceptors (Lipinski definition) is 12. The average molecular weight is 971 g/mol. The zero-order valence-corrected chi connectivity index (χ0v) is 36.8. The van der Waals surface area contributed by atoms with Gasteiger partial charge in [0.1, 0.15) is 0 Å². The van der Waals surface area contributed by atoms with Gasteiger partial charge in [0, 0.05) is 0 Å².